The molecule has 0 aromatic heterocycles. The van der Waals surface area contributed by atoms with E-state index in [1.54, 1.807) is 20.2 Å². The minimum atomic E-state index is -0.491. The van der Waals surface area contributed by atoms with E-state index in [9.17, 15) is 4.79 Å². The highest BCUT2D eigenvalue weighted by molar-refractivity contribution is 14.0. The van der Waals surface area contributed by atoms with E-state index >= 15 is 0 Å². The Labute approximate surface area is 190 Å². The van der Waals surface area contributed by atoms with Gasteiger partial charge in [-0.2, -0.15) is 0 Å². The average molecular weight is 520 g/mol. The summed E-state index contributed by atoms with van der Waals surface area (Å²) in [5.74, 6) is 1.01. The van der Waals surface area contributed by atoms with Crippen LogP contribution in [0.1, 0.15) is 24.8 Å². The van der Waals surface area contributed by atoms with Gasteiger partial charge in [-0.1, -0.05) is 12.1 Å². The fourth-order valence-corrected chi connectivity index (χ4v) is 3.10. The number of nitrogens with zero attached hydrogens (tertiary/aromatic N) is 2. The molecule has 1 aliphatic rings. The first-order valence-electron chi connectivity index (χ1n) is 9.68. The van der Waals surface area contributed by atoms with Crippen molar-refractivity contribution < 1.29 is 19.0 Å². The van der Waals surface area contributed by atoms with Crippen molar-refractivity contribution in [3.05, 3.63) is 29.8 Å². The van der Waals surface area contributed by atoms with Crippen LogP contribution in [0.5, 0.6) is 5.75 Å². The minimum absolute atomic E-state index is 0. The number of benzene rings is 1. The Hall–Kier alpha value is -1.59. The average Bonchev–Trinajstić information content (AvgIpc) is 2.71. The van der Waals surface area contributed by atoms with Crippen molar-refractivity contribution in [2.45, 2.75) is 31.9 Å². The normalized spacial score (nSPS) is 15.0. The maximum Gasteiger partial charge on any atom is 0.255 e. The molecule has 0 aliphatic carbocycles. The highest BCUT2D eigenvalue weighted by atomic mass is 127. The van der Waals surface area contributed by atoms with Gasteiger partial charge in [0, 0.05) is 47.0 Å². The lowest BCUT2D eigenvalue weighted by atomic mass is 10.1. The molecule has 1 fully saturated rings. The molecule has 9 heteroatoms. The molecule has 1 amide bonds. The summed E-state index contributed by atoms with van der Waals surface area (Å²) in [6, 6.07) is 7.59. The highest BCUT2D eigenvalue weighted by Crippen LogP contribution is 2.15. The number of likely N-dealkylation sites (tertiary alicyclic amines) is 1. The van der Waals surface area contributed by atoms with Crippen LogP contribution in [0.3, 0.4) is 0 Å². The molecule has 0 unspecified atom stereocenters. The molecule has 164 valence electrons. The second-order valence-electron chi connectivity index (χ2n) is 6.71. The number of nitrogens with two attached hydrogens (primary N) is 1. The number of amides is 1. The van der Waals surface area contributed by atoms with Crippen LogP contribution in [-0.4, -0.2) is 69.9 Å². The molecule has 1 aromatic carbocycles. The monoisotopic (exact) mass is 520 g/mol. The van der Waals surface area contributed by atoms with Crippen molar-refractivity contribution in [2.24, 2.45) is 10.7 Å². The number of guanidine groups is 1. The summed E-state index contributed by atoms with van der Waals surface area (Å²) in [7, 11) is 3.50. The Morgan fingerprint density at radius 2 is 2.07 bits per heavy atom. The van der Waals surface area contributed by atoms with E-state index in [1.165, 1.54) is 0 Å². The first kappa shape index (κ1) is 25.4. The van der Waals surface area contributed by atoms with E-state index in [2.05, 4.69) is 15.2 Å². The molecule has 29 heavy (non-hydrogen) atoms. The summed E-state index contributed by atoms with van der Waals surface area (Å²) in [5, 5.41) is 3.39. The largest absolute Gasteiger partial charge is 0.484 e. The zero-order valence-corrected chi connectivity index (χ0v) is 19.6. The van der Waals surface area contributed by atoms with Crippen LogP contribution < -0.4 is 15.8 Å². The molecule has 0 saturated carbocycles. The number of hydrogen-bond donors (Lipinski definition) is 2. The Balaban J connectivity index is 0.00000420. The second kappa shape index (κ2) is 14.4. The Kier molecular flexibility index (Phi) is 12.6. The van der Waals surface area contributed by atoms with Gasteiger partial charge in [-0.05, 0) is 37.0 Å². The van der Waals surface area contributed by atoms with Gasteiger partial charge in [-0.3, -0.25) is 9.79 Å². The number of rotatable bonds is 10. The summed E-state index contributed by atoms with van der Waals surface area (Å²) >= 11 is 0. The molecular formula is C20H33IN4O4. The summed E-state index contributed by atoms with van der Waals surface area (Å²) in [5.41, 5.74) is 6.16. The molecule has 8 nitrogen and oxygen atoms in total. The topological polar surface area (TPSA) is 98.4 Å². The van der Waals surface area contributed by atoms with Gasteiger partial charge in [-0.25, -0.2) is 0 Å². The van der Waals surface area contributed by atoms with E-state index in [0.29, 0.717) is 18.4 Å². The van der Waals surface area contributed by atoms with Crippen molar-refractivity contribution in [1.29, 1.82) is 0 Å². The van der Waals surface area contributed by atoms with Crippen molar-refractivity contribution in [2.75, 3.05) is 47.1 Å². The lowest BCUT2D eigenvalue weighted by Gasteiger charge is -2.34. The quantitative estimate of drug-likeness (QED) is 0.211. The molecule has 1 heterocycles. The number of hydrogen-bond acceptors (Lipinski definition) is 5. The smallest absolute Gasteiger partial charge is 0.255 e. The van der Waals surface area contributed by atoms with E-state index in [4.69, 9.17) is 19.9 Å². The van der Waals surface area contributed by atoms with Crippen LogP contribution in [0.15, 0.2) is 29.3 Å². The fraction of sp³-hybridized carbons (Fsp3) is 0.600. The minimum Gasteiger partial charge on any atom is -0.484 e. The molecule has 3 N–H and O–H groups in total. The zero-order valence-electron chi connectivity index (χ0n) is 17.3. The molecule has 1 aromatic rings. The van der Waals surface area contributed by atoms with Gasteiger partial charge in [-0.15, -0.1) is 24.0 Å². The molecule has 2 rings (SSSR count). The Bertz CT molecular complexity index is 637. The van der Waals surface area contributed by atoms with Crippen LogP contribution in [-0.2, 0) is 20.8 Å². The number of halogens is 1. The van der Waals surface area contributed by atoms with Gasteiger partial charge in [0.2, 0.25) is 0 Å². The molecule has 1 saturated heterocycles. The standard InChI is InChI=1S/C20H32N4O4.HI/c1-22-20(24-9-7-17(8-10-24)27-12-4-11-26-2)23-14-16-5-3-6-18(13-16)28-15-19(21)25;/h3,5-6,13,17H,4,7-12,14-15H2,1-2H3,(H2,21,25)(H,22,23);1H. The number of ether oxygens (including phenoxy) is 3. The maximum absolute atomic E-state index is 10.8. The Morgan fingerprint density at radius 3 is 2.72 bits per heavy atom. The fourth-order valence-electron chi connectivity index (χ4n) is 3.10. The van der Waals surface area contributed by atoms with Crippen molar-refractivity contribution in [1.82, 2.24) is 10.2 Å². The number of carbonyl (C=O) groups is 1. The van der Waals surface area contributed by atoms with Crippen LogP contribution in [0, 0.1) is 0 Å². The predicted octanol–water partition coefficient (Wildman–Crippen LogP) is 1.76. The summed E-state index contributed by atoms with van der Waals surface area (Å²) in [6.07, 6.45) is 3.22. The number of methoxy groups -OCH3 is 1. The number of aliphatic imine (C=N–C) groups is 1. The third-order valence-corrected chi connectivity index (χ3v) is 4.53. The number of primary amides is 1. The second-order valence-corrected chi connectivity index (χ2v) is 6.71. The molecule has 0 spiro atoms. The number of nitrogens with one attached hydrogen (secondary N) is 1. The first-order valence-corrected chi connectivity index (χ1v) is 9.68. The maximum atomic E-state index is 10.8. The van der Waals surface area contributed by atoms with Crippen molar-refractivity contribution in [3.63, 3.8) is 0 Å². The van der Waals surface area contributed by atoms with Crippen LogP contribution in [0.2, 0.25) is 0 Å². The zero-order chi connectivity index (χ0) is 20.2. The van der Waals surface area contributed by atoms with Crippen LogP contribution in [0.4, 0.5) is 0 Å². The van der Waals surface area contributed by atoms with E-state index < -0.39 is 5.91 Å². The molecule has 1 aliphatic heterocycles. The molecule has 0 bridgehead atoms. The lowest BCUT2D eigenvalue weighted by molar-refractivity contribution is -0.119. The first-order chi connectivity index (χ1) is 13.6. The van der Waals surface area contributed by atoms with Gasteiger partial charge in [0.15, 0.2) is 12.6 Å². The molecule has 0 radical (unpaired) electrons. The Morgan fingerprint density at radius 1 is 1.31 bits per heavy atom. The summed E-state index contributed by atoms with van der Waals surface area (Å²) < 4.78 is 16.3. The SMILES string of the molecule is CN=C(NCc1cccc(OCC(N)=O)c1)N1CCC(OCCCOC)CC1.I. The highest BCUT2D eigenvalue weighted by Gasteiger charge is 2.21. The summed E-state index contributed by atoms with van der Waals surface area (Å²) in [4.78, 5) is 17.5. The van der Waals surface area contributed by atoms with Gasteiger partial charge in [0.1, 0.15) is 5.75 Å². The van der Waals surface area contributed by atoms with Crippen LogP contribution in [0.25, 0.3) is 0 Å². The van der Waals surface area contributed by atoms with Crippen molar-refractivity contribution >= 4 is 35.8 Å². The predicted molar refractivity (Wildman–Crippen MR) is 124 cm³/mol. The molecule has 0 atom stereocenters. The van der Waals surface area contributed by atoms with E-state index in [0.717, 1.165) is 57.1 Å². The van der Waals surface area contributed by atoms with Crippen molar-refractivity contribution in [3.8, 4) is 5.75 Å². The van der Waals surface area contributed by atoms with Gasteiger partial charge < -0.3 is 30.2 Å². The van der Waals surface area contributed by atoms with E-state index in [1.807, 2.05) is 18.2 Å². The van der Waals surface area contributed by atoms with E-state index in [-0.39, 0.29) is 30.6 Å². The van der Waals surface area contributed by atoms with Gasteiger partial charge in [0.05, 0.1) is 6.10 Å². The third kappa shape index (κ3) is 9.64. The third-order valence-electron chi connectivity index (χ3n) is 4.53. The van der Waals surface area contributed by atoms with Crippen LogP contribution >= 0.6 is 24.0 Å². The summed E-state index contributed by atoms with van der Waals surface area (Å²) in [6.45, 7) is 3.81. The number of piperidine rings is 1. The van der Waals surface area contributed by atoms with Gasteiger partial charge in [0.25, 0.3) is 5.91 Å². The number of carbonyl (C=O) groups excluding carboxylic acids is 1. The van der Waals surface area contributed by atoms with Gasteiger partial charge >= 0.3 is 0 Å². The molecular weight excluding hydrogens is 487 g/mol. The lowest BCUT2D eigenvalue weighted by Crippen LogP contribution is -2.46.